The SMILES string of the molecule is C=CCCC(O)(C#Cc1ccccc1)c1ccccc1. The van der Waals surface area contributed by atoms with Gasteiger partial charge in [0.05, 0.1) is 0 Å². The van der Waals surface area contributed by atoms with Crippen molar-refractivity contribution in [2.24, 2.45) is 0 Å². The van der Waals surface area contributed by atoms with Gasteiger partial charge in [-0.05, 0) is 30.5 Å². The Kier molecular flexibility index (Phi) is 4.76. The predicted octanol–water partition coefficient (Wildman–Crippen LogP) is 3.89. The van der Waals surface area contributed by atoms with Crippen LogP contribution in [0.4, 0.5) is 0 Å². The molecule has 0 saturated heterocycles. The van der Waals surface area contributed by atoms with Crippen LogP contribution >= 0.6 is 0 Å². The molecule has 1 unspecified atom stereocenters. The Morgan fingerprint density at radius 3 is 2.20 bits per heavy atom. The van der Waals surface area contributed by atoms with E-state index in [4.69, 9.17) is 0 Å². The fraction of sp³-hybridized carbons (Fsp3) is 0.158. The van der Waals surface area contributed by atoms with Crippen molar-refractivity contribution in [3.8, 4) is 11.8 Å². The van der Waals surface area contributed by atoms with Crippen molar-refractivity contribution < 1.29 is 5.11 Å². The Bertz CT molecular complexity index is 604. The Morgan fingerprint density at radius 1 is 1.00 bits per heavy atom. The molecule has 20 heavy (non-hydrogen) atoms. The number of hydrogen-bond acceptors (Lipinski definition) is 1. The molecule has 0 radical (unpaired) electrons. The highest BCUT2D eigenvalue weighted by Gasteiger charge is 2.25. The van der Waals surface area contributed by atoms with Gasteiger partial charge in [0.15, 0.2) is 5.60 Å². The van der Waals surface area contributed by atoms with E-state index in [1.165, 1.54) is 0 Å². The van der Waals surface area contributed by atoms with Gasteiger partial charge in [-0.15, -0.1) is 6.58 Å². The number of aliphatic hydroxyl groups is 1. The molecule has 2 aromatic rings. The zero-order valence-electron chi connectivity index (χ0n) is 11.4. The Labute approximate surface area is 120 Å². The van der Waals surface area contributed by atoms with Gasteiger partial charge >= 0.3 is 0 Å². The number of allylic oxidation sites excluding steroid dienone is 1. The highest BCUT2D eigenvalue weighted by molar-refractivity contribution is 5.39. The standard InChI is InChI=1S/C19H18O/c1-2-3-15-19(20,18-12-8-5-9-13-18)16-14-17-10-6-4-7-11-17/h2,4-13,20H,1,3,15H2. The smallest absolute Gasteiger partial charge is 0.151 e. The lowest BCUT2D eigenvalue weighted by Crippen LogP contribution is -2.23. The van der Waals surface area contributed by atoms with Crippen LogP contribution in [0.3, 0.4) is 0 Å². The molecule has 1 heteroatoms. The molecule has 0 aliphatic rings. The van der Waals surface area contributed by atoms with Crippen LogP contribution in [-0.4, -0.2) is 5.11 Å². The molecule has 0 saturated carbocycles. The second-order valence-corrected chi connectivity index (χ2v) is 4.67. The van der Waals surface area contributed by atoms with Gasteiger partial charge in [0.1, 0.15) is 0 Å². The van der Waals surface area contributed by atoms with Crippen molar-refractivity contribution in [3.63, 3.8) is 0 Å². The summed E-state index contributed by atoms with van der Waals surface area (Å²) in [6.45, 7) is 3.72. The van der Waals surface area contributed by atoms with Crippen LogP contribution in [0.15, 0.2) is 73.3 Å². The molecule has 2 aromatic carbocycles. The number of benzene rings is 2. The summed E-state index contributed by atoms with van der Waals surface area (Å²) in [5.74, 6) is 6.08. The summed E-state index contributed by atoms with van der Waals surface area (Å²) in [6.07, 6.45) is 3.06. The summed E-state index contributed by atoms with van der Waals surface area (Å²) in [4.78, 5) is 0. The van der Waals surface area contributed by atoms with Crippen molar-refractivity contribution in [3.05, 3.63) is 84.4 Å². The van der Waals surface area contributed by atoms with Gasteiger partial charge in [-0.2, -0.15) is 0 Å². The largest absolute Gasteiger partial charge is 0.373 e. The highest BCUT2D eigenvalue weighted by atomic mass is 16.3. The summed E-state index contributed by atoms with van der Waals surface area (Å²) < 4.78 is 0. The monoisotopic (exact) mass is 262 g/mol. The molecule has 0 fully saturated rings. The Balaban J connectivity index is 2.33. The second-order valence-electron chi connectivity index (χ2n) is 4.67. The first-order chi connectivity index (χ1) is 9.74. The van der Waals surface area contributed by atoms with Gasteiger partial charge in [-0.1, -0.05) is 66.4 Å². The number of hydrogen-bond donors (Lipinski definition) is 1. The Morgan fingerprint density at radius 2 is 1.60 bits per heavy atom. The molecular weight excluding hydrogens is 244 g/mol. The van der Waals surface area contributed by atoms with E-state index in [1.807, 2.05) is 60.7 Å². The minimum atomic E-state index is -1.13. The fourth-order valence-corrected chi connectivity index (χ4v) is 2.00. The van der Waals surface area contributed by atoms with Crippen LogP contribution < -0.4 is 0 Å². The predicted molar refractivity (Wildman–Crippen MR) is 83.1 cm³/mol. The van der Waals surface area contributed by atoms with E-state index in [0.717, 1.165) is 17.5 Å². The first-order valence-corrected chi connectivity index (χ1v) is 6.72. The first-order valence-electron chi connectivity index (χ1n) is 6.72. The summed E-state index contributed by atoms with van der Waals surface area (Å²) in [5, 5.41) is 10.9. The maximum Gasteiger partial charge on any atom is 0.151 e. The fourth-order valence-electron chi connectivity index (χ4n) is 2.00. The molecule has 0 spiro atoms. The topological polar surface area (TPSA) is 20.2 Å². The van der Waals surface area contributed by atoms with E-state index < -0.39 is 5.60 Å². The number of rotatable bonds is 4. The van der Waals surface area contributed by atoms with Crippen LogP contribution in [0.5, 0.6) is 0 Å². The van der Waals surface area contributed by atoms with E-state index in [1.54, 1.807) is 6.08 Å². The summed E-state index contributed by atoms with van der Waals surface area (Å²) in [7, 11) is 0. The molecule has 0 amide bonds. The van der Waals surface area contributed by atoms with Crippen molar-refractivity contribution in [2.45, 2.75) is 18.4 Å². The molecule has 1 nitrogen and oxygen atoms in total. The molecule has 1 N–H and O–H groups in total. The molecule has 100 valence electrons. The maximum atomic E-state index is 10.9. The minimum Gasteiger partial charge on any atom is -0.373 e. The van der Waals surface area contributed by atoms with Crippen LogP contribution in [0.25, 0.3) is 0 Å². The van der Waals surface area contributed by atoms with E-state index >= 15 is 0 Å². The average molecular weight is 262 g/mol. The molecular formula is C19H18O. The molecule has 0 aromatic heterocycles. The maximum absolute atomic E-state index is 10.9. The first kappa shape index (κ1) is 14.1. The summed E-state index contributed by atoms with van der Waals surface area (Å²) in [6, 6.07) is 19.3. The summed E-state index contributed by atoms with van der Waals surface area (Å²) in [5.41, 5.74) is 0.594. The van der Waals surface area contributed by atoms with Crippen LogP contribution in [0.1, 0.15) is 24.0 Å². The zero-order chi connectivity index (χ0) is 14.3. The van der Waals surface area contributed by atoms with E-state index in [-0.39, 0.29) is 0 Å². The van der Waals surface area contributed by atoms with Crippen molar-refractivity contribution in [2.75, 3.05) is 0 Å². The highest BCUT2D eigenvalue weighted by Crippen LogP contribution is 2.26. The van der Waals surface area contributed by atoms with Crippen LogP contribution in [0, 0.1) is 11.8 Å². The van der Waals surface area contributed by atoms with Crippen molar-refractivity contribution >= 4 is 0 Å². The second kappa shape index (κ2) is 6.75. The molecule has 0 aliphatic heterocycles. The van der Waals surface area contributed by atoms with Gasteiger partial charge in [0.25, 0.3) is 0 Å². The van der Waals surface area contributed by atoms with Crippen LogP contribution in [0.2, 0.25) is 0 Å². The van der Waals surface area contributed by atoms with E-state index in [9.17, 15) is 5.11 Å². The third-order valence-corrected chi connectivity index (χ3v) is 3.15. The van der Waals surface area contributed by atoms with Gasteiger partial charge in [0, 0.05) is 5.56 Å². The summed E-state index contributed by atoms with van der Waals surface area (Å²) >= 11 is 0. The average Bonchev–Trinajstić information content (AvgIpc) is 2.53. The van der Waals surface area contributed by atoms with Crippen molar-refractivity contribution in [1.82, 2.24) is 0 Å². The van der Waals surface area contributed by atoms with Gasteiger partial charge < -0.3 is 5.11 Å². The quantitative estimate of drug-likeness (QED) is 0.654. The normalized spacial score (nSPS) is 12.8. The molecule has 0 aliphatic carbocycles. The molecule has 0 bridgehead atoms. The lowest BCUT2D eigenvalue weighted by atomic mass is 9.89. The van der Waals surface area contributed by atoms with E-state index in [0.29, 0.717) is 6.42 Å². The van der Waals surface area contributed by atoms with Gasteiger partial charge in [0.2, 0.25) is 0 Å². The van der Waals surface area contributed by atoms with Gasteiger partial charge in [-0.25, -0.2) is 0 Å². The molecule has 1 atom stereocenters. The van der Waals surface area contributed by atoms with E-state index in [2.05, 4.69) is 18.4 Å². The third-order valence-electron chi connectivity index (χ3n) is 3.15. The van der Waals surface area contributed by atoms with Crippen LogP contribution in [-0.2, 0) is 5.60 Å². The van der Waals surface area contributed by atoms with Crippen molar-refractivity contribution in [1.29, 1.82) is 0 Å². The Hall–Kier alpha value is -2.30. The minimum absolute atomic E-state index is 0.542. The molecule has 0 heterocycles. The van der Waals surface area contributed by atoms with Gasteiger partial charge in [-0.3, -0.25) is 0 Å². The third kappa shape index (κ3) is 3.60. The molecule has 2 rings (SSSR count). The lowest BCUT2D eigenvalue weighted by molar-refractivity contribution is 0.0914. The zero-order valence-corrected chi connectivity index (χ0v) is 11.4. The lowest BCUT2D eigenvalue weighted by Gasteiger charge is -2.22.